The number of hydrogen-bond donors (Lipinski definition) is 3. The van der Waals surface area contributed by atoms with E-state index in [-0.39, 0.29) is 10.8 Å². The Labute approximate surface area is 177 Å². The van der Waals surface area contributed by atoms with Gasteiger partial charge >= 0.3 is 0 Å². The molecule has 1 fully saturated rings. The van der Waals surface area contributed by atoms with E-state index in [1.807, 2.05) is 6.92 Å². The Morgan fingerprint density at radius 3 is 2.50 bits per heavy atom. The van der Waals surface area contributed by atoms with Crippen LogP contribution in [0.1, 0.15) is 15.9 Å². The number of anilines is 2. The van der Waals surface area contributed by atoms with Crippen LogP contribution in [0.4, 0.5) is 11.4 Å². The fraction of sp³-hybridized carbons (Fsp3) is 0.381. The van der Waals surface area contributed by atoms with Crippen molar-refractivity contribution in [3.63, 3.8) is 0 Å². The first-order valence-electron chi connectivity index (χ1n) is 9.87. The van der Waals surface area contributed by atoms with E-state index in [1.54, 1.807) is 49.6 Å². The minimum atomic E-state index is -3.80. The smallest absolute Gasteiger partial charge is 0.261 e. The summed E-state index contributed by atoms with van der Waals surface area (Å²) in [5.74, 6) is -0.283. The summed E-state index contributed by atoms with van der Waals surface area (Å²) in [6.45, 7) is 5.79. The van der Waals surface area contributed by atoms with Crippen molar-refractivity contribution in [2.75, 3.05) is 56.1 Å². The molecule has 1 aliphatic heterocycles. The Morgan fingerprint density at radius 1 is 1.13 bits per heavy atom. The van der Waals surface area contributed by atoms with Crippen molar-refractivity contribution < 1.29 is 17.9 Å². The van der Waals surface area contributed by atoms with Gasteiger partial charge in [0.1, 0.15) is 0 Å². The molecule has 30 heavy (non-hydrogen) atoms. The Bertz CT molecular complexity index is 971. The predicted octanol–water partition coefficient (Wildman–Crippen LogP) is 1.58. The minimum Gasteiger partial charge on any atom is -0.383 e. The summed E-state index contributed by atoms with van der Waals surface area (Å²) in [6.07, 6.45) is 0. The lowest BCUT2D eigenvalue weighted by atomic mass is 10.1. The second-order valence-electron chi connectivity index (χ2n) is 7.14. The third-order valence-corrected chi connectivity index (χ3v) is 6.27. The lowest BCUT2D eigenvalue weighted by Crippen LogP contribution is -2.43. The van der Waals surface area contributed by atoms with Crippen LogP contribution >= 0.6 is 0 Å². The second kappa shape index (κ2) is 9.92. The number of nitrogens with zero attached hydrogens (tertiary/aromatic N) is 1. The maximum absolute atomic E-state index is 13.0. The van der Waals surface area contributed by atoms with Crippen LogP contribution < -0.4 is 20.3 Å². The first kappa shape index (κ1) is 22.1. The molecule has 3 rings (SSSR count). The molecule has 8 nitrogen and oxygen atoms in total. The topological polar surface area (TPSA) is 99.8 Å². The first-order valence-corrected chi connectivity index (χ1v) is 11.4. The van der Waals surface area contributed by atoms with Crippen LogP contribution in [-0.2, 0) is 14.8 Å². The van der Waals surface area contributed by atoms with Gasteiger partial charge in [-0.05, 0) is 37.3 Å². The molecule has 1 saturated heterocycles. The van der Waals surface area contributed by atoms with Crippen LogP contribution in [0.2, 0.25) is 0 Å². The lowest BCUT2D eigenvalue weighted by Gasteiger charge is -2.31. The molecule has 9 heteroatoms. The Morgan fingerprint density at radius 2 is 1.83 bits per heavy atom. The molecule has 0 radical (unpaired) electrons. The summed E-state index contributed by atoms with van der Waals surface area (Å²) in [6, 6.07) is 11.8. The molecule has 0 atom stereocenters. The third-order valence-electron chi connectivity index (χ3n) is 4.88. The van der Waals surface area contributed by atoms with E-state index in [1.165, 1.54) is 0 Å². The number of sulfonamides is 1. The monoisotopic (exact) mass is 432 g/mol. The molecule has 0 bridgehead atoms. The number of piperazine rings is 1. The molecular weight excluding hydrogens is 404 g/mol. The van der Waals surface area contributed by atoms with Gasteiger partial charge in [0.25, 0.3) is 15.9 Å². The van der Waals surface area contributed by atoms with E-state index in [4.69, 9.17) is 4.74 Å². The second-order valence-corrected chi connectivity index (χ2v) is 8.82. The average Bonchev–Trinajstić information content (AvgIpc) is 2.74. The van der Waals surface area contributed by atoms with Crippen molar-refractivity contribution in [3.8, 4) is 0 Å². The number of carbonyl (C=O) groups is 1. The van der Waals surface area contributed by atoms with Gasteiger partial charge in [-0.2, -0.15) is 0 Å². The number of rotatable bonds is 8. The molecule has 162 valence electrons. The summed E-state index contributed by atoms with van der Waals surface area (Å²) in [4.78, 5) is 14.7. The lowest BCUT2D eigenvalue weighted by molar-refractivity contribution is 0.0937. The highest BCUT2D eigenvalue weighted by Gasteiger charge is 2.21. The summed E-state index contributed by atoms with van der Waals surface area (Å²) in [5, 5.41) is 6.05. The van der Waals surface area contributed by atoms with Gasteiger partial charge < -0.3 is 20.3 Å². The highest BCUT2D eigenvalue weighted by Crippen LogP contribution is 2.30. The van der Waals surface area contributed by atoms with Crippen molar-refractivity contribution in [1.82, 2.24) is 10.6 Å². The molecule has 0 saturated carbocycles. The maximum atomic E-state index is 13.0. The van der Waals surface area contributed by atoms with Gasteiger partial charge in [-0.3, -0.25) is 9.52 Å². The van der Waals surface area contributed by atoms with Crippen molar-refractivity contribution >= 4 is 27.3 Å². The maximum Gasteiger partial charge on any atom is 0.261 e. The Balaban J connectivity index is 1.92. The van der Waals surface area contributed by atoms with Crippen LogP contribution in [0, 0.1) is 6.92 Å². The number of amides is 1. The molecule has 0 aliphatic carbocycles. The normalized spacial score (nSPS) is 14.4. The number of ether oxygens (including phenoxy) is 1. The zero-order chi connectivity index (χ0) is 21.6. The number of hydrogen-bond acceptors (Lipinski definition) is 6. The molecule has 1 aliphatic rings. The van der Waals surface area contributed by atoms with Crippen LogP contribution in [-0.4, -0.2) is 60.8 Å². The summed E-state index contributed by atoms with van der Waals surface area (Å²) in [5.41, 5.74) is 2.49. The minimum absolute atomic E-state index is 0.175. The average molecular weight is 433 g/mol. The van der Waals surface area contributed by atoms with Gasteiger partial charge in [-0.1, -0.05) is 17.7 Å². The molecular formula is C21H28N4O4S. The summed E-state index contributed by atoms with van der Waals surface area (Å²) < 4.78 is 33.6. The van der Waals surface area contributed by atoms with Gasteiger partial charge in [0, 0.05) is 45.4 Å². The van der Waals surface area contributed by atoms with Crippen molar-refractivity contribution in [1.29, 1.82) is 0 Å². The Kier molecular flexibility index (Phi) is 7.30. The molecule has 0 spiro atoms. The molecule has 2 aromatic rings. The van der Waals surface area contributed by atoms with E-state index < -0.39 is 10.0 Å². The SMILES string of the molecule is COCCNC(=O)c1ccc(N2CCNCC2)c(NS(=O)(=O)c2ccc(C)cc2)c1. The molecule has 2 aromatic carbocycles. The van der Waals surface area contributed by atoms with Crippen LogP contribution in [0.3, 0.4) is 0 Å². The number of methoxy groups -OCH3 is 1. The van der Waals surface area contributed by atoms with Gasteiger partial charge in [-0.25, -0.2) is 8.42 Å². The molecule has 0 unspecified atom stereocenters. The summed E-state index contributed by atoms with van der Waals surface area (Å²) >= 11 is 0. The molecule has 1 heterocycles. The zero-order valence-electron chi connectivity index (χ0n) is 17.3. The van der Waals surface area contributed by atoms with E-state index in [0.29, 0.717) is 24.4 Å². The van der Waals surface area contributed by atoms with Gasteiger partial charge in [0.15, 0.2) is 0 Å². The van der Waals surface area contributed by atoms with Crippen LogP contribution in [0.15, 0.2) is 47.4 Å². The van der Waals surface area contributed by atoms with Gasteiger partial charge in [0.05, 0.1) is 22.9 Å². The number of nitrogens with one attached hydrogen (secondary N) is 3. The van der Waals surface area contributed by atoms with E-state index in [0.717, 1.165) is 37.4 Å². The van der Waals surface area contributed by atoms with Crippen molar-refractivity contribution in [3.05, 3.63) is 53.6 Å². The first-order chi connectivity index (χ1) is 14.4. The largest absolute Gasteiger partial charge is 0.383 e. The summed E-state index contributed by atoms with van der Waals surface area (Å²) in [7, 11) is -2.24. The fourth-order valence-corrected chi connectivity index (χ4v) is 4.30. The zero-order valence-corrected chi connectivity index (χ0v) is 18.1. The quantitative estimate of drug-likeness (QED) is 0.548. The molecule has 0 aromatic heterocycles. The highest BCUT2D eigenvalue weighted by molar-refractivity contribution is 7.92. The Hall–Kier alpha value is -2.62. The van der Waals surface area contributed by atoms with Gasteiger partial charge in [0.2, 0.25) is 0 Å². The third kappa shape index (κ3) is 5.50. The predicted molar refractivity (Wildman–Crippen MR) is 118 cm³/mol. The van der Waals surface area contributed by atoms with Gasteiger partial charge in [-0.15, -0.1) is 0 Å². The number of benzene rings is 2. The fourth-order valence-electron chi connectivity index (χ4n) is 3.23. The molecule has 3 N–H and O–H groups in total. The van der Waals surface area contributed by atoms with E-state index >= 15 is 0 Å². The molecule has 1 amide bonds. The number of carbonyl (C=O) groups excluding carboxylic acids is 1. The van der Waals surface area contributed by atoms with E-state index in [2.05, 4.69) is 20.3 Å². The highest BCUT2D eigenvalue weighted by atomic mass is 32.2. The van der Waals surface area contributed by atoms with E-state index in [9.17, 15) is 13.2 Å². The van der Waals surface area contributed by atoms with Crippen LogP contribution in [0.5, 0.6) is 0 Å². The number of aryl methyl sites for hydroxylation is 1. The van der Waals surface area contributed by atoms with Crippen molar-refractivity contribution in [2.24, 2.45) is 0 Å². The standard InChI is InChI=1S/C21H28N4O4S/c1-16-3-6-18(7-4-16)30(27,28)24-19-15-17(21(26)23-11-14-29-2)5-8-20(19)25-12-9-22-10-13-25/h3-8,15,22,24H,9-14H2,1-2H3,(H,23,26). The van der Waals surface area contributed by atoms with Crippen molar-refractivity contribution in [2.45, 2.75) is 11.8 Å². The van der Waals surface area contributed by atoms with Crippen LogP contribution in [0.25, 0.3) is 0 Å².